The first-order chi connectivity index (χ1) is 11.2. The predicted molar refractivity (Wildman–Crippen MR) is 97.6 cm³/mol. The van der Waals surface area contributed by atoms with Crippen molar-refractivity contribution in [3.63, 3.8) is 0 Å². The highest BCUT2D eigenvalue weighted by atomic mass is 35.5. The van der Waals surface area contributed by atoms with Crippen molar-refractivity contribution in [1.82, 2.24) is 4.90 Å². The Hall–Kier alpha value is -1.55. The van der Waals surface area contributed by atoms with Crippen molar-refractivity contribution in [2.24, 2.45) is 0 Å². The maximum Gasteiger partial charge on any atom is 0.255 e. The lowest BCUT2D eigenvalue weighted by Gasteiger charge is -2.20. The van der Waals surface area contributed by atoms with Crippen LogP contribution in [0.1, 0.15) is 15.9 Å². The molecule has 0 aliphatic heterocycles. The van der Waals surface area contributed by atoms with E-state index in [-0.39, 0.29) is 5.91 Å². The molecule has 0 radical (unpaired) electrons. The van der Waals surface area contributed by atoms with Gasteiger partial charge in [-0.2, -0.15) is 0 Å². The maximum atomic E-state index is 12.1. The molecule has 0 aliphatic rings. The lowest BCUT2D eigenvalue weighted by molar-refractivity contribution is 0.102. The number of anilines is 1. The number of carbonyl (C=O) groups is 1. The van der Waals surface area contributed by atoms with Gasteiger partial charge >= 0.3 is 0 Å². The molecule has 0 spiro atoms. The highest BCUT2D eigenvalue weighted by Gasteiger charge is 2.07. The molecule has 0 atom stereocenters. The number of carbonyl (C=O) groups excluding carboxylic acids is 1. The van der Waals surface area contributed by atoms with Crippen LogP contribution in [0.4, 0.5) is 5.69 Å². The summed E-state index contributed by atoms with van der Waals surface area (Å²) in [5.74, 6) is 1.06. The van der Waals surface area contributed by atoms with Crippen molar-refractivity contribution in [3.8, 4) is 0 Å². The third-order valence-electron chi connectivity index (χ3n) is 3.46. The minimum Gasteiger partial charge on any atom is -0.322 e. The zero-order chi connectivity index (χ0) is 16.5. The monoisotopic (exact) mass is 350 g/mol. The second-order valence-corrected chi connectivity index (χ2v) is 5.93. The van der Waals surface area contributed by atoms with E-state index in [0.29, 0.717) is 17.3 Å². The largest absolute Gasteiger partial charge is 0.322 e. The molecule has 0 aromatic heterocycles. The third kappa shape index (κ3) is 5.87. The van der Waals surface area contributed by atoms with Gasteiger partial charge in [0.25, 0.3) is 5.91 Å². The average Bonchev–Trinajstić information content (AvgIpc) is 2.58. The lowest BCUT2D eigenvalue weighted by atomic mass is 10.1. The van der Waals surface area contributed by atoms with Crippen molar-refractivity contribution in [3.05, 3.63) is 65.7 Å². The van der Waals surface area contributed by atoms with Crippen molar-refractivity contribution < 1.29 is 4.79 Å². The molecule has 0 saturated heterocycles. The number of halogens is 2. The molecule has 5 heteroatoms. The van der Waals surface area contributed by atoms with E-state index in [4.69, 9.17) is 23.2 Å². The summed E-state index contributed by atoms with van der Waals surface area (Å²) in [6.07, 6.45) is 0. The topological polar surface area (TPSA) is 32.3 Å². The second-order valence-electron chi connectivity index (χ2n) is 5.17. The van der Waals surface area contributed by atoms with Gasteiger partial charge in [-0.15, -0.1) is 23.2 Å². The Balaban J connectivity index is 1.95. The summed E-state index contributed by atoms with van der Waals surface area (Å²) in [4.78, 5) is 14.3. The normalized spacial score (nSPS) is 10.7. The van der Waals surface area contributed by atoms with Gasteiger partial charge in [-0.25, -0.2) is 0 Å². The van der Waals surface area contributed by atoms with Crippen LogP contribution in [0.2, 0.25) is 0 Å². The van der Waals surface area contributed by atoms with E-state index in [9.17, 15) is 4.79 Å². The highest BCUT2D eigenvalue weighted by Crippen LogP contribution is 2.13. The van der Waals surface area contributed by atoms with Gasteiger partial charge in [0.1, 0.15) is 0 Å². The Morgan fingerprint density at radius 1 is 0.913 bits per heavy atom. The SMILES string of the molecule is O=C(Nc1ccc(CN(CCCl)CCCl)cc1)c1ccccc1. The zero-order valence-corrected chi connectivity index (χ0v) is 14.4. The van der Waals surface area contributed by atoms with Gasteiger partial charge in [0.2, 0.25) is 0 Å². The van der Waals surface area contributed by atoms with E-state index < -0.39 is 0 Å². The van der Waals surface area contributed by atoms with Crippen LogP contribution in [0.5, 0.6) is 0 Å². The highest BCUT2D eigenvalue weighted by molar-refractivity contribution is 6.18. The number of nitrogens with zero attached hydrogens (tertiary/aromatic N) is 1. The van der Waals surface area contributed by atoms with Crippen LogP contribution in [0.25, 0.3) is 0 Å². The minimum atomic E-state index is -0.107. The fourth-order valence-corrected chi connectivity index (χ4v) is 2.73. The van der Waals surface area contributed by atoms with Gasteiger partial charge < -0.3 is 5.32 Å². The van der Waals surface area contributed by atoms with Crippen LogP contribution in [0.15, 0.2) is 54.6 Å². The molecule has 0 saturated carbocycles. The van der Waals surface area contributed by atoms with Crippen LogP contribution >= 0.6 is 23.2 Å². The van der Waals surface area contributed by atoms with Crippen LogP contribution in [-0.4, -0.2) is 35.7 Å². The molecule has 1 N–H and O–H groups in total. The van der Waals surface area contributed by atoms with Gasteiger partial charge in [0.05, 0.1) is 0 Å². The van der Waals surface area contributed by atoms with Gasteiger partial charge in [-0.3, -0.25) is 9.69 Å². The first kappa shape index (κ1) is 17.8. The molecule has 2 rings (SSSR count). The van der Waals surface area contributed by atoms with Gasteiger partial charge in [0, 0.05) is 42.6 Å². The van der Waals surface area contributed by atoms with Crippen LogP contribution < -0.4 is 5.32 Å². The van der Waals surface area contributed by atoms with Crippen molar-refractivity contribution in [1.29, 1.82) is 0 Å². The molecular formula is C18H20Cl2N2O. The average molecular weight is 351 g/mol. The molecule has 122 valence electrons. The number of rotatable bonds is 8. The summed E-state index contributed by atoms with van der Waals surface area (Å²) in [5.41, 5.74) is 2.59. The Labute approximate surface area is 147 Å². The molecule has 2 aromatic rings. The Morgan fingerprint density at radius 2 is 1.52 bits per heavy atom. The number of amides is 1. The van der Waals surface area contributed by atoms with Crippen molar-refractivity contribution >= 4 is 34.8 Å². The number of benzene rings is 2. The molecule has 0 unspecified atom stereocenters. The van der Waals surface area contributed by atoms with Crippen LogP contribution in [0.3, 0.4) is 0 Å². The molecule has 0 aliphatic carbocycles. The molecule has 0 bridgehead atoms. The van der Waals surface area contributed by atoms with E-state index in [1.54, 1.807) is 12.1 Å². The Kier molecular flexibility index (Phi) is 7.40. The summed E-state index contributed by atoms with van der Waals surface area (Å²) in [5, 5.41) is 2.89. The summed E-state index contributed by atoms with van der Waals surface area (Å²) < 4.78 is 0. The maximum absolute atomic E-state index is 12.1. The van der Waals surface area contributed by atoms with Gasteiger partial charge in [0.15, 0.2) is 0 Å². The molecular weight excluding hydrogens is 331 g/mol. The number of nitrogens with one attached hydrogen (secondary N) is 1. The summed E-state index contributed by atoms with van der Waals surface area (Å²) in [7, 11) is 0. The standard InChI is InChI=1S/C18H20Cl2N2O/c19-10-12-22(13-11-20)14-15-6-8-17(9-7-15)21-18(23)16-4-2-1-3-5-16/h1-9H,10-14H2,(H,21,23). The predicted octanol–water partition coefficient (Wildman–Crippen LogP) is 4.22. The molecule has 3 nitrogen and oxygen atoms in total. The first-order valence-electron chi connectivity index (χ1n) is 7.52. The lowest BCUT2D eigenvalue weighted by Crippen LogP contribution is -2.27. The van der Waals surface area contributed by atoms with E-state index in [2.05, 4.69) is 10.2 Å². The Morgan fingerprint density at radius 3 is 2.09 bits per heavy atom. The molecule has 0 heterocycles. The quantitative estimate of drug-likeness (QED) is 0.723. The summed E-state index contributed by atoms with van der Waals surface area (Å²) in [6.45, 7) is 2.41. The summed E-state index contributed by atoms with van der Waals surface area (Å²) >= 11 is 11.6. The van der Waals surface area contributed by atoms with E-state index >= 15 is 0 Å². The number of hydrogen-bond donors (Lipinski definition) is 1. The summed E-state index contributed by atoms with van der Waals surface area (Å²) in [6, 6.07) is 17.0. The number of hydrogen-bond acceptors (Lipinski definition) is 2. The smallest absolute Gasteiger partial charge is 0.255 e. The molecule has 1 amide bonds. The molecule has 23 heavy (non-hydrogen) atoms. The zero-order valence-electron chi connectivity index (χ0n) is 12.8. The van der Waals surface area contributed by atoms with E-state index in [1.807, 2.05) is 42.5 Å². The molecule has 0 fully saturated rings. The Bertz CT molecular complexity index is 596. The fourth-order valence-electron chi connectivity index (χ4n) is 2.25. The van der Waals surface area contributed by atoms with E-state index in [1.165, 1.54) is 0 Å². The van der Waals surface area contributed by atoms with Crippen molar-refractivity contribution in [2.45, 2.75) is 6.54 Å². The first-order valence-corrected chi connectivity index (χ1v) is 8.59. The van der Waals surface area contributed by atoms with Crippen molar-refractivity contribution in [2.75, 3.05) is 30.2 Å². The van der Waals surface area contributed by atoms with Crippen LogP contribution in [0, 0.1) is 0 Å². The molecule has 2 aromatic carbocycles. The van der Waals surface area contributed by atoms with Gasteiger partial charge in [-0.1, -0.05) is 30.3 Å². The fraction of sp³-hybridized carbons (Fsp3) is 0.278. The number of alkyl halides is 2. The minimum absolute atomic E-state index is 0.107. The second kappa shape index (κ2) is 9.56. The van der Waals surface area contributed by atoms with Gasteiger partial charge in [-0.05, 0) is 29.8 Å². The van der Waals surface area contributed by atoms with Crippen LogP contribution in [-0.2, 0) is 6.54 Å². The van der Waals surface area contributed by atoms with E-state index in [0.717, 1.165) is 30.9 Å². The third-order valence-corrected chi connectivity index (χ3v) is 3.79.